The van der Waals surface area contributed by atoms with Gasteiger partial charge >= 0.3 is 0 Å². The zero-order chi connectivity index (χ0) is 14.7. The van der Waals surface area contributed by atoms with Gasteiger partial charge in [-0.05, 0) is 36.1 Å². The Balaban J connectivity index is 1.73. The predicted molar refractivity (Wildman–Crippen MR) is 81.7 cm³/mol. The van der Waals surface area contributed by atoms with Gasteiger partial charge in [0, 0.05) is 6.42 Å². The van der Waals surface area contributed by atoms with E-state index >= 15 is 0 Å². The Hall–Kier alpha value is -2.00. The van der Waals surface area contributed by atoms with Gasteiger partial charge in [-0.15, -0.1) is 0 Å². The number of benzene rings is 2. The number of aliphatic hydroxyl groups is 1. The van der Waals surface area contributed by atoms with Gasteiger partial charge in [0.15, 0.2) is 11.5 Å². The Labute approximate surface area is 125 Å². The quantitative estimate of drug-likeness (QED) is 0.884. The van der Waals surface area contributed by atoms with Crippen molar-refractivity contribution >= 4 is 0 Å². The SMILES string of the molecule is COc1ccc(CC2(O)CC2)cc1OCc1ccccc1. The maximum absolute atomic E-state index is 10.0. The Morgan fingerprint density at radius 2 is 1.76 bits per heavy atom. The molecule has 0 radical (unpaired) electrons. The van der Waals surface area contributed by atoms with Crippen LogP contribution in [0, 0.1) is 0 Å². The third-order valence-electron chi connectivity index (χ3n) is 3.83. The summed E-state index contributed by atoms with van der Waals surface area (Å²) >= 11 is 0. The highest BCUT2D eigenvalue weighted by Crippen LogP contribution is 2.39. The van der Waals surface area contributed by atoms with E-state index in [9.17, 15) is 5.11 Å². The Morgan fingerprint density at radius 1 is 1.00 bits per heavy atom. The average molecular weight is 284 g/mol. The van der Waals surface area contributed by atoms with Gasteiger partial charge in [0.05, 0.1) is 12.7 Å². The van der Waals surface area contributed by atoms with Crippen LogP contribution in [0.3, 0.4) is 0 Å². The first-order valence-corrected chi connectivity index (χ1v) is 7.25. The minimum atomic E-state index is -0.495. The lowest BCUT2D eigenvalue weighted by Crippen LogP contribution is -2.10. The highest BCUT2D eigenvalue weighted by atomic mass is 16.5. The summed E-state index contributed by atoms with van der Waals surface area (Å²) in [6, 6.07) is 15.9. The van der Waals surface area contributed by atoms with Crippen molar-refractivity contribution < 1.29 is 14.6 Å². The first kappa shape index (κ1) is 14.0. The minimum absolute atomic E-state index is 0.495. The molecule has 1 fully saturated rings. The van der Waals surface area contributed by atoms with Crippen LogP contribution < -0.4 is 9.47 Å². The molecule has 0 bridgehead atoms. The van der Waals surface area contributed by atoms with Gasteiger partial charge in [0.2, 0.25) is 0 Å². The summed E-state index contributed by atoms with van der Waals surface area (Å²) in [4.78, 5) is 0. The highest BCUT2D eigenvalue weighted by molar-refractivity contribution is 5.43. The van der Waals surface area contributed by atoms with Crippen LogP contribution in [0.1, 0.15) is 24.0 Å². The molecule has 0 aliphatic heterocycles. The maximum atomic E-state index is 10.0. The molecule has 3 rings (SSSR count). The molecule has 1 N–H and O–H groups in total. The maximum Gasteiger partial charge on any atom is 0.161 e. The number of ether oxygens (including phenoxy) is 2. The summed E-state index contributed by atoms with van der Waals surface area (Å²) < 4.78 is 11.2. The van der Waals surface area contributed by atoms with Crippen molar-refractivity contribution in [1.29, 1.82) is 0 Å². The van der Waals surface area contributed by atoms with E-state index in [1.165, 1.54) is 0 Å². The van der Waals surface area contributed by atoms with Crippen LogP contribution in [-0.2, 0) is 13.0 Å². The molecule has 0 saturated heterocycles. The van der Waals surface area contributed by atoms with Crippen molar-refractivity contribution in [3.8, 4) is 11.5 Å². The second kappa shape index (κ2) is 5.78. The lowest BCUT2D eigenvalue weighted by Gasteiger charge is -2.14. The number of hydrogen-bond acceptors (Lipinski definition) is 3. The van der Waals surface area contributed by atoms with Crippen molar-refractivity contribution in [2.45, 2.75) is 31.5 Å². The summed E-state index contributed by atoms with van der Waals surface area (Å²) in [5.41, 5.74) is 1.70. The molecule has 1 aliphatic carbocycles. The molecule has 2 aromatic rings. The number of methoxy groups -OCH3 is 1. The van der Waals surface area contributed by atoms with Crippen molar-refractivity contribution in [2.75, 3.05) is 7.11 Å². The van der Waals surface area contributed by atoms with Gasteiger partial charge in [-0.25, -0.2) is 0 Å². The Kier molecular flexibility index (Phi) is 3.84. The normalized spacial score (nSPS) is 15.5. The molecule has 1 aliphatic rings. The van der Waals surface area contributed by atoms with Crippen molar-refractivity contribution in [1.82, 2.24) is 0 Å². The predicted octanol–water partition coefficient (Wildman–Crippen LogP) is 3.34. The van der Waals surface area contributed by atoms with Gasteiger partial charge in [0.25, 0.3) is 0 Å². The molecule has 1 saturated carbocycles. The molecule has 3 heteroatoms. The summed E-state index contributed by atoms with van der Waals surface area (Å²) in [5, 5.41) is 10.0. The molecule has 0 unspecified atom stereocenters. The van der Waals surface area contributed by atoms with Gasteiger partial charge in [0.1, 0.15) is 6.61 Å². The fraction of sp³-hybridized carbons (Fsp3) is 0.333. The number of hydrogen-bond donors (Lipinski definition) is 1. The van der Waals surface area contributed by atoms with Crippen molar-refractivity contribution in [3.05, 3.63) is 59.7 Å². The summed E-state index contributed by atoms with van der Waals surface area (Å²) in [7, 11) is 1.64. The van der Waals surface area contributed by atoms with Crippen LogP contribution in [0.2, 0.25) is 0 Å². The topological polar surface area (TPSA) is 38.7 Å². The summed E-state index contributed by atoms with van der Waals surface area (Å²) in [6.07, 6.45) is 2.46. The van der Waals surface area contributed by atoms with Crippen molar-refractivity contribution in [2.24, 2.45) is 0 Å². The minimum Gasteiger partial charge on any atom is -0.493 e. The molecule has 0 heterocycles. The number of rotatable bonds is 6. The molecule has 0 spiro atoms. The first-order valence-electron chi connectivity index (χ1n) is 7.25. The van der Waals surface area contributed by atoms with Crippen LogP contribution in [0.25, 0.3) is 0 Å². The van der Waals surface area contributed by atoms with Gasteiger partial charge < -0.3 is 14.6 Å². The molecule has 0 aromatic heterocycles. The van der Waals surface area contributed by atoms with Crippen LogP contribution in [-0.4, -0.2) is 17.8 Å². The van der Waals surface area contributed by atoms with Crippen molar-refractivity contribution in [3.63, 3.8) is 0 Å². The largest absolute Gasteiger partial charge is 0.493 e. The molecule has 21 heavy (non-hydrogen) atoms. The van der Waals surface area contributed by atoms with Crippen LogP contribution in [0.15, 0.2) is 48.5 Å². The van der Waals surface area contributed by atoms with E-state index in [0.717, 1.165) is 35.5 Å². The van der Waals surface area contributed by atoms with E-state index in [1.807, 2.05) is 48.5 Å². The molecule has 3 nitrogen and oxygen atoms in total. The molecule has 110 valence electrons. The van der Waals surface area contributed by atoms with Crippen LogP contribution in [0.4, 0.5) is 0 Å². The third-order valence-corrected chi connectivity index (χ3v) is 3.83. The van der Waals surface area contributed by atoms with Crippen LogP contribution >= 0.6 is 0 Å². The average Bonchev–Trinajstić information content (AvgIpc) is 3.23. The van der Waals surface area contributed by atoms with Crippen LogP contribution in [0.5, 0.6) is 11.5 Å². The Bertz CT molecular complexity index is 603. The molecule has 0 atom stereocenters. The zero-order valence-corrected chi connectivity index (χ0v) is 12.2. The first-order chi connectivity index (χ1) is 10.2. The lowest BCUT2D eigenvalue weighted by atomic mass is 10.1. The molecular formula is C18H20O3. The highest BCUT2D eigenvalue weighted by Gasteiger charge is 2.40. The van der Waals surface area contributed by atoms with E-state index in [1.54, 1.807) is 7.11 Å². The van der Waals surface area contributed by atoms with Gasteiger partial charge in [-0.3, -0.25) is 0 Å². The monoisotopic (exact) mass is 284 g/mol. The Morgan fingerprint density at radius 3 is 2.43 bits per heavy atom. The second-order valence-electron chi connectivity index (χ2n) is 5.66. The standard InChI is InChI=1S/C18H20O3/c1-20-16-8-7-15(12-18(19)9-10-18)11-17(16)21-13-14-5-3-2-4-6-14/h2-8,11,19H,9-10,12-13H2,1H3. The molecule has 0 amide bonds. The van der Waals surface area contributed by atoms with E-state index in [-0.39, 0.29) is 0 Å². The molecule has 2 aromatic carbocycles. The smallest absolute Gasteiger partial charge is 0.161 e. The fourth-order valence-electron chi connectivity index (χ4n) is 2.38. The van der Waals surface area contributed by atoms with E-state index < -0.39 is 5.60 Å². The van der Waals surface area contributed by atoms with E-state index in [4.69, 9.17) is 9.47 Å². The summed E-state index contributed by atoms with van der Waals surface area (Å²) in [5.74, 6) is 1.44. The third kappa shape index (κ3) is 3.56. The zero-order valence-electron chi connectivity index (χ0n) is 12.2. The summed E-state index contributed by atoms with van der Waals surface area (Å²) in [6.45, 7) is 0.505. The van der Waals surface area contributed by atoms with E-state index in [0.29, 0.717) is 13.0 Å². The molecular weight excluding hydrogens is 264 g/mol. The van der Waals surface area contributed by atoms with Gasteiger partial charge in [-0.2, -0.15) is 0 Å². The van der Waals surface area contributed by atoms with Gasteiger partial charge in [-0.1, -0.05) is 36.4 Å². The lowest BCUT2D eigenvalue weighted by molar-refractivity contribution is 0.151. The second-order valence-corrected chi connectivity index (χ2v) is 5.66. The fourth-order valence-corrected chi connectivity index (χ4v) is 2.38. The van der Waals surface area contributed by atoms with E-state index in [2.05, 4.69) is 0 Å².